The lowest BCUT2D eigenvalue weighted by molar-refractivity contribution is -0.278. The van der Waals surface area contributed by atoms with Crippen LogP contribution in [0.2, 0.25) is 0 Å². The van der Waals surface area contributed by atoms with Crippen LogP contribution in [0.5, 0.6) is 23.0 Å². The Morgan fingerprint density at radius 2 is 1.33 bits per heavy atom. The van der Waals surface area contributed by atoms with Gasteiger partial charge in [0, 0.05) is 11.6 Å². The number of fused-ring (bicyclic) bond motifs is 1. The van der Waals surface area contributed by atoms with E-state index in [1.165, 1.54) is 24.3 Å². The maximum Gasteiger partial charge on any atom is 0.238 e. The molecular formula is C27H30O16. The molecule has 3 heterocycles. The maximum atomic E-state index is 13.3. The molecule has 43 heavy (non-hydrogen) atoms. The third-order valence-corrected chi connectivity index (χ3v) is 7.52. The third kappa shape index (κ3) is 5.27. The number of hydrogen-bond acceptors (Lipinski definition) is 16. The highest BCUT2D eigenvalue weighted by Gasteiger charge is 2.48. The van der Waals surface area contributed by atoms with E-state index in [2.05, 4.69) is 0 Å². The lowest BCUT2D eigenvalue weighted by Crippen LogP contribution is -2.60. The topological polar surface area (TPSA) is 280 Å². The van der Waals surface area contributed by atoms with Crippen molar-refractivity contribution >= 4 is 11.0 Å². The largest absolute Gasteiger partial charge is 0.508 e. The van der Waals surface area contributed by atoms with E-state index in [0.29, 0.717) is 0 Å². The molecule has 0 amide bonds. The summed E-state index contributed by atoms with van der Waals surface area (Å²) in [5.41, 5.74) is -2.09. The first-order valence-corrected chi connectivity index (χ1v) is 13.0. The molecule has 16 nitrogen and oxygen atoms in total. The standard InChI is InChI=1S/C27H30O16/c28-6-12-16(32)19(35)22(38)26(40-12)15-11(41-27-23(39)20(36)17(33)13(7-29)42-27)5-10(31)14-18(34)21(37)24(43-25(14)15)8-1-3-9(30)4-2-8/h1-5,12-13,16-17,19-20,22-23,26-33,35-39H,6-7H2/t12-,13-,16-,17-,19-,20+,22-,23-,26+,27-/m1/s1. The molecule has 2 aliphatic rings. The van der Waals surface area contributed by atoms with Crippen LogP contribution >= 0.6 is 0 Å². The predicted molar refractivity (Wildman–Crippen MR) is 140 cm³/mol. The predicted octanol–water partition coefficient (Wildman–Crippen LogP) is -2.73. The number of hydrogen-bond donors (Lipinski definition) is 11. The van der Waals surface area contributed by atoms with Gasteiger partial charge >= 0.3 is 0 Å². The Bertz CT molecular complexity index is 1520. The molecule has 2 aromatic carbocycles. The zero-order valence-electron chi connectivity index (χ0n) is 22.0. The van der Waals surface area contributed by atoms with Crippen LogP contribution in [0.1, 0.15) is 11.7 Å². The first-order chi connectivity index (χ1) is 20.4. The number of aromatic hydroxyl groups is 3. The van der Waals surface area contributed by atoms with E-state index in [1.807, 2.05) is 0 Å². The highest BCUT2D eigenvalue weighted by Crippen LogP contribution is 2.46. The second-order valence-corrected chi connectivity index (χ2v) is 10.2. The van der Waals surface area contributed by atoms with Crippen LogP contribution in [0.3, 0.4) is 0 Å². The van der Waals surface area contributed by atoms with Crippen molar-refractivity contribution in [2.75, 3.05) is 13.2 Å². The Balaban J connectivity index is 1.76. The number of benzene rings is 2. The molecule has 2 fully saturated rings. The molecule has 0 unspecified atom stereocenters. The molecule has 2 saturated heterocycles. The van der Waals surface area contributed by atoms with Gasteiger partial charge in [0.25, 0.3) is 0 Å². The first-order valence-electron chi connectivity index (χ1n) is 13.0. The molecule has 11 N–H and O–H groups in total. The molecule has 0 radical (unpaired) electrons. The van der Waals surface area contributed by atoms with Crippen molar-refractivity contribution in [3.05, 3.63) is 46.1 Å². The van der Waals surface area contributed by atoms with Crippen LogP contribution in [-0.4, -0.2) is 125 Å². The van der Waals surface area contributed by atoms with Gasteiger partial charge in [0.15, 0.2) is 11.3 Å². The molecule has 2 aliphatic heterocycles. The zero-order valence-corrected chi connectivity index (χ0v) is 22.0. The van der Waals surface area contributed by atoms with Gasteiger partial charge < -0.3 is 74.8 Å². The van der Waals surface area contributed by atoms with Gasteiger partial charge in [-0.25, -0.2) is 0 Å². The maximum absolute atomic E-state index is 13.3. The average Bonchev–Trinajstić information content (AvgIpc) is 2.99. The van der Waals surface area contributed by atoms with Crippen molar-refractivity contribution < 1.29 is 74.8 Å². The van der Waals surface area contributed by atoms with Gasteiger partial charge in [-0.05, 0) is 24.3 Å². The van der Waals surface area contributed by atoms with Crippen LogP contribution in [-0.2, 0) is 9.47 Å². The molecule has 1 aromatic heterocycles. The molecule has 10 atom stereocenters. The highest BCUT2D eigenvalue weighted by atomic mass is 16.7. The third-order valence-electron chi connectivity index (χ3n) is 7.52. The van der Waals surface area contributed by atoms with E-state index in [0.717, 1.165) is 6.07 Å². The van der Waals surface area contributed by atoms with Gasteiger partial charge in [0.05, 0.1) is 18.8 Å². The molecular weight excluding hydrogens is 580 g/mol. The van der Waals surface area contributed by atoms with Crippen LogP contribution in [0.15, 0.2) is 39.5 Å². The molecule has 0 spiro atoms. The summed E-state index contributed by atoms with van der Waals surface area (Å²) in [6, 6.07) is 5.85. The fourth-order valence-electron chi connectivity index (χ4n) is 5.14. The molecule has 0 aliphatic carbocycles. The van der Waals surface area contributed by atoms with Gasteiger partial charge in [-0.1, -0.05) is 0 Å². The summed E-state index contributed by atoms with van der Waals surface area (Å²) in [4.78, 5) is 13.3. The van der Waals surface area contributed by atoms with Gasteiger partial charge in [0.2, 0.25) is 17.5 Å². The van der Waals surface area contributed by atoms with E-state index in [-0.39, 0.29) is 11.3 Å². The average molecular weight is 611 g/mol. The molecule has 3 aromatic rings. The summed E-state index contributed by atoms with van der Waals surface area (Å²) in [5, 5.41) is 113. The summed E-state index contributed by atoms with van der Waals surface area (Å²) in [6.07, 6.45) is -17.8. The number of rotatable bonds is 6. The van der Waals surface area contributed by atoms with E-state index in [4.69, 9.17) is 18.6 Å². The van der Waals surface area contributed by atoms with Crippen LogP contribution in [0.4, 0.5) is 0 Å². The van der Waals surface area contributed by atoms with Gasteiger partial charge in [-0.2, -0.15) is 0 Å². The minimum absolute atomic E-state index is 0.0776. The van der Waals surface area contributed by atoms with E-state index < -0.39 is 119 Å². The van der Waals surface area contributed by atoms with Crippen molar-refractivity contribution in [1.82, 2.24) is 0 Å². The monoisotopic (exact) mass is 610 g/mol. The van der Waals surface area contributed by atoms with E-state index in [9.17, 15) is 61.0 Å². The number of phenolic OH excluding ortho intramolecular Hbond substituents is 2. The smallest absolute Gasteiger partial charge is 0.238 e. The van der Waals surface area contributed by atoms with E-state index >= 15 is 0 Å². The van der Waals surface area contributed by atoms with Crippen molar-refractivity contribution in [3.8, 4) is 34.3 Å². The highest BCUT2D eigenvalue weighted by molar-refractivity contribution is 5.91. The normalized spacial score (nSPS) is 33.0. The van der Waals surface area contributed by atoms with Crippen molar-refractivity contribution in [3.63, 3.8) is 0 Å². The summed E-state index contributed by atoms with van der Waals surface area (Å²) in [5.74, 6) is -2.95. The SMILES string of the molecule is O=c1c(O)c(-c2ccc(O)cc2)oc2c([C@@H]3O[C@H](CO)[C@@H](O)[C@@H](O)[C@H]3O)c(O[C@@H]3O[C@H](CO)[C@@H](O)[C@H](O)[C@H]3O)cc(O)c12. The minimum atomic E-state index is -1.99. The lowest BCUT2D eigenvalue weighted by Gasteiger charge is -2.42. The summed E-state index contributed by atoms with van der Waals surface area (Å²) in [7, 11) is 0. The molecule has 16 heteroatoms. The Kier molecular flexibility index (Phi) is 8.52. The fourth-order valence-corrected chi connectivity index (χ4v) is 5.14. The minimum Gasteiger partial charge on any atom is -0.508 e. The molecule has 234 valence electrons. The summed E-state index contributed by atoms with van der Waals surface area (Å²) < 4.78 is 22.7. The zero-order chi connectivity index (χ0) is 31.3. The first kappa shape index (κ1) is 30.9. The van der Waals surface area contributed by atoms with E-state index in [1.54, 1.807) is 0 Å². The number of aliphatic hydroxyl groups excluding tert-OH is 8. The van der Waals surface area contributed by atoms with Gasteiger partial charge in [-0.3, -0.25) is 4.79 Å². The Morgan fingerprint density at radius 1 is 0.744 bits per heavy atom. The number of phenols is 2. The number of aliphatic hydroxyl groups is 8. The molecule has 0 bridgehead atoms. The fraction of sp³-hybridized carbons (Fsp3) is 0.444. The summed E-state index contributed by atoms with van der Waals surface area (Å²) >= 11 is 0. The molecule has 5 rings (SSSR count). The lowest BCUT2D eigenvalue weighted by atomic mass is 9.89. The number of ether oxygens (including phenoxy) is 3. The van der Waals surface area contributed by atoms with Crippen LogP contribution < -0.4 is 10.2 Å². The molecule has 0 saturated carbocycles. The second-order valence-electron chi connectivity index (χ2n) is 10.2. The Labute approximate surface area is 241 Å². The van der Waals surface area contributed by atoms with Crippen LogP contribution in [0.25, 0.3) is 22.3 Å². The summed E-state index contributed by atoms with van der Waals surface area (Å²) in [6.45, 7) is -1.65. The second kappa shape index (κ2) is 11.9. The Morgan fingerprint density at radius 3 is 1.93 bits per heavy atom. The van der Waals surface area contributed by atoms with Gasteiger partial charge in [0.1, 0.15) is 77.6 Å². The van der Waals surface area contributed by atoms with Crippen molar-refractivity contribution in [2.24, 2.45) is 0 Å². The van der Waals surface area contributed by atoms with Crippen molar-refractivity contribution in [1.29, 1.82) is 0 Å². The van der Waals surface area contributed by atoms with Crippen molar-refractivity contribution in [2.45, 2.75) is 61.2 Å². The quantitative estimate of drug-likeness (QED) is 0.135. The Hall–Kier alpha value is -3.55. The van der Waals surface area contributed by atoms with Gasteiger partial charge in [-0.15, -0.1) is 0 Å². The van der Waals surface area contributed by atoms with Crippen LogP contribution in [0, 0.1) is 0 Å².